The van der Waals surface area contributed by atoms with Gasteiger partial charge in [0.15, 0.2) is 0 Å². The van der Waals surface area contributed by atoms with Crippen LogP contribution < -0.4 is 10.6 Å². The van der Waals surface area contributed by atoms with Crippen LogP contribution in [0, 0.1) is 6.92 Å². The highest BCUT2D eigenvalue weighted by Crippen LogP contribution is 2.20. The molecule has 146 valence electrons. The van der Waals surface area contributed by atoms with Crippen molar-refractivity contribution in [2.24, 2.45) is 0 Å². The van der Waals surface area contributed by atoms with Crippen LogP contribution in [-0.4, -0.2) is 47.6 Å². The maximum Gasteiger partial charge on any atom is 0.313 e. The monoisotopic (exact) mass is 383 g/mol. The highest BCUT2D eigenvalue weighted by atomic mass is 16.4. The molecule has 0 unspecified atom stereocenters. The van der Waals surface area contributed by atoms with Gasteiger partial charge in [-0.15, -0.1) is 10.2 Å². The number of aryl methyl sites for hydroxylation is 1. The van der Waals surface area contributed by atoms with Gasteiger partial charge in [-0.25, -0.2) is 0 Å². The Morgan fingerprint density at radius 1 is 1.11 bits per heavy atom. The summed E-state index contributed by atoms with van der Waals surface area (Å²) < 4.78 is 10.7. The summed E-state index contributed by atoms with van der Waals surface area (Å²) in [6, 6.07) is 10.2. The summed E-state index contributed by atoms with van der Waals surface area (Å²) in [4.78, 5) is 26.2. The van der Waals surface area contributed by atoms with Crippen molar-refractivity contribution in [3.63, 3.8) is 0 Å². The lowest BCUT2D eigenvalue weighted by molar-refractivity contribution is -0.136. The molecule has 1 aromatic carbocycles. The number of rotatable bonds is 6. The zero-order valence-corrected chi connectivity index (χ0v) is 15.8. The van der Waals surface area contributed by atoms with E-state index in [2.05, 4.69) is 20.8 Å². The molecule has 0 aliphatic carbocycles. The van der Waals surface area contributed by atoms with E-state index in [9.17, 15) is 9.59 Å². The molecule has 0 saturated heterocycles. The van der Waals surface area contributed by atoms with Crippen molar-refractivity contribution in [3.05, 3.63) is 54.3 Å². The smallest absolute Gasteiger partial charge is 0.313 e. The molecule has 0 saturated carbocycles. The molecular weight excluding hydrogens is 362 g/mol. The lowest BCUT2D eigenvalue weighted by Crippen LogP contribution is -2.40. The minimum absolute atomic E-state index is 0.177. The second-order valence-electron chi connectivity index (χ2n) is 6.36. The molecule has 9 heteroatoms. The summed E-state index contributed by atoms with van der Waals surface area (Å²) in [6.45, 7) is 1.94. The fourth-order valence-corrected chi connectivity index (χ4v) is 2.59. The molecule has 3 rings (SSSR count). The molecular formula is C19H21N5O4. The number of carbonyl (C=O) groups is 2. The third-order valence-electron chi connectivity index (χ3n) is 4.07. The average Bonchev–Trinajstić information content (AvgIpc) is 3.34. The van der Waals surface area contributed by atoms with Crippen molar-refractivity contribution in [3.8, 4) is 11.5 Å². The maximum absolute atomic E-state index is 12.1. The molecule has 0 bridgehead atoms. The summed E-state index contributed by atoms with van der Waals surface area (Å²) in [5.74, 6) is 0.0845. The second kappa shape index (κ2) is 8.49. The number of likely N-dealkylation sites (N-methyl/N-ethyl adjacent to an activating group) is 1. The van der Waals surface area contributed by atoms with Gasteiger partial charge in [0.25, 0.3) is 0 Å². The first-order valence-corrected chi connectivity index (χ1v) is 8.63. The van der Waals surface area contributed by atoms with Gasteiger partial charge in [0.05, 0.1) is 12.3 Å². The van der Waals surface area contributed by atoms with Crippen LogP contribution >= 0.6 is 0 Å². The van der Waals surface area contributed by atoms with Gasteiger partial charge in [-0.05, 0) is 50.5 Å². The number of anilines is 1. The zero-order chi connectivity index (χ0) is 20.1. The highest BCUT2D eigenvalue weighted by molar-refractivity contribution is 6.39. The van der Waals surface area contributed by atoms with Crippen LogP contribution in [0.5, 0.6) is 0 Å². The number of nitrogens with zero attached hydrogens (tertiary/aromatic N) is 3. The summed E-state index contributed by atoms with van der Waals surface area (Å²) in [5, 5.41) is 12.9. The Bertz CT molecular complexity index is 932. The Morgan fingerprint density at radius 2 is 1.86 bits per heavy atom. The van der Waals surface area contributed by atoms with Gasteiger partial charge >= 0.3 is 11.8 Å². The third-order valence-corrected chi connectivity index (χ3v) is 4.07. The molecule has 0 aliphatic heterocycles. The molecule has 0 radical (unpaired) electrons. The van der Waals surface area contributed by atoms with Gasteiger partial charge in [-0.1, -0.05) is 0 Å². The minimum atomic E-state index is -0.752. The quantitative estimate of drug-likeness (QED) is 0.626. The lowest BCUT2D eigenvalue weighted by Gasteiger charge is -2.22. The molecule has 2 heterocycles. The molecule has 0 aliphatic rings. The van der Waals surface area contributed by atoms with Crippen molar-refractivity contribution < 1.29 is 18.4 Å². The van der Waals surface area contributed by atoms with E-state index in [-0.39, 0.29) is 12.6 Å². The zero-order valence-electron chi connectivity index (χ0n) is 15.8. The lowest BCUT2D eigenvalue weighted by atomic mass is 10.2. The average molecular weight is 383 g/mol. The number of hydrogen-bond acceptors (Lipinski definition) is 7. The number of benzene rings is 1. The van der Waals surface area contributed by atoms with Crippen molar-refractivity contribution >= 4 is 17.5 Å². The highest BCUT2D eigenvalue weighted by Gasteiger charge is 2.20. The number of carbonyl (C=O) groups excluding carboxylic acids is 2. The number of aromatic nitrogens is 2. The van der Waals surface area contributed by atoms with Crippen molar-refractivity contribution in [2.45, 2.75) is 13.0 Å². The van der Waals surface area contributed by atoms with Gasteiger partial charge < -0.3 is 19.5 Å². The van der Waals surface area contributed by atoms with Crippen LogP contribution in [0.3, 0.4) is 0 Å². The van der Waals surface area contributed by atoms with Gasteiger partial charge in [0.2, 0.25) is 11.8 Å². The molecule has 28 heavy (non-hydrogen) atoms. The standard InChI is InChI=1S/C19H21N5O4/c1-12-22-23-19(28-12)13-6-8-14(9-7-13)21-18(26)17(25)20-11-15(24(2)3)16-5-4-10-27-16/h4-10,15H,11H2,1-3H3,(H,20,25)(H,21,26)/t15-/m1/s1. The fourth-order valence-electron chi connectivity index (χ4n) is 2.59. The Kier molecular flexibility index (Phi) is 5.85. The van der Waals surface area contributed by atoms with E-state index < -0.39 is 11.8 Å². The van der Waals surface area contributed by atoms with E-state index in [0.29, 0.717) is 23.2 Å². The number of amides is 2. The van der Waals surface area contributed by atoms with Gasteiger partial charge in [0.1, 0.15) is 5.76 Å². The molecule has 0 spiro atoms. The largest absolute Gasteiger partial charge is 0.468 e. The number of hydrogen-bond donors (Lipinski definition) is 2. The van der Waals surface area contributed by atoms with E-state index in [1.807, 2.05) is 25.1 Å². The van der Waals surface area contributed by atoms with Crippen LogP contribution in [-0.2, 0) is 9.59 Å². The molecule has 2 N–H and O–H groups in total. The predicted molar refractivity (Wildman–Crippen MR) is 101 cm³/mol. The van der Waals surface area contributed by atoms with E-state index in [0.717, 1.165) is 5.56 Å². The van der Waals surface area contributed by atoms with E-state index in [4.69, 9.17) is 8.83 Å². The number of nitrogens with one attached hydrogen (secondary N) is 2. The van der Waals surface area contributed by atoms with Crippen molar-refractivity contribution in [1.29, 1.82) is 0 Å². The third kappa shape index (κ3) is 4.63. The molecule has 1 atom stereocenters. The van der Waals surface area contributed by atoms with Crippen LogP contribution in [0.1, 0.15) is 17.7 Å². The summed E-state index contributed by atoms with van der Waals surface area (Å²) in [6.07, 6.45) is 1.57. The maximum atomic E-state index is 12.1. The second-order valence-corrected chi connectivity index (χ2v) is 6.36. The van der Waals surface area contributed by atoms with Gasteiger partial charge in [-0.3, -0.25) is 14.5 Å². The van der Waals surface area contributed by atoms with Gasteiger partial charge in [-0.2, -0.15) is 0 Å². The molecule has 0 fully saturated rings. The SMILES string of the molecule is Cc1nnc(-c2ccc(NC(=O)C(=O)NC[C@H](c3ccco3)N(C)C)cc2)o1. The molecule has 9 nitrogen and oxygen atoms in total. The molecule has 2 amide bonds. The fraction of sp³-hybridized carbons (Fsp3) is 0.263. The Balaban J connectivity index is 1.56. The predicted octanol–water partition coefficient (Wildman–Crippen LogP) is 2.00. The Morgan fingerprint density at radius 3 is 2.43 bits per heavy atom. The molecule has 3 aromatic rings. The van der Waals surface area contributed by atoms with Crippen LogP contribution in [0.2, 0.25) is 0 Å². The van der Waals surface area contributed by atoms with Crippen molar-refractivity contribution in [2.75, 3.05) is 26.0 Å². The first-order chi connectivity index (χ1) is 13.4. The van der Waals surface area contributed by atoms with Crippen LogP contribution in [0.25, 0.3) is 11.5 Å². The van der Waals surface area contributed by atoms with Crippen LogP contribution in [0.4, 0.5) is 5.69 Å². The minimum Gasteiger partial charge on any atom is -0.468 e. The van der Waals surface area contributed by atoms with E-state index >= 15 is 0 Å². The van der Waals surface area contributed by atoms with Crippen molar-refractivity contribution in [1.82, 2.24) is 20.4 Å². The van der Waals surface area contributed by atoms with E-state index in [1.165, 1.54) is 0 Å². The summed E-state index contributed by atoms with van der Waals surface area (Å²) in [7, 11) is 3.73. The summed E-state index contributed by atoms with van der Waals surface area (Å²) >= 11 is 0. The first kappa shape index (κ1) is 19.3. The van der Waals surface area contributed by atoms with Crippen LogP contribution in [0.15, 0.2) is 51.5 Å². The molecule has 2 aromatic heterocycles. The Hall–Kier alpha value is -3.46. The van der Waals surface area contributed by atoms with Gasteiger partial charge in [0, 0.05) is 24.7 Å². The summed E-state index contributed by atoms with van der Waals surface area (Å²) in [5.41, 5.74) is 1.20. The normalized spacial score (nSPS) is 12.0. The van der Waals surface area contributed by atoms with E-state index in [1.54, 1.807) is 43.5 Å². The number of furan rings is 1. The Labute approximate surface area is 161 Å². The first-order valence-electron chi connectivity index (χ1n) is 8.63. The topological polar surface area (TPSA) is 114 Å².